The molecule has 3 rings (SSSR count). The Morgan fingerprint density at radius 3 is 2.88 bits per heavy atom. The summed E-state index contributed by atoms with van der Waals surface area (Å²) in [6.07, 6.45) is 3.83. The molecule has 136 valence electrons. The zero-order valence-electron chi connectivity index (χ0n) is 14.8. The molecule has 1 aliphatic rings. The third-order valence-corrected chi connectivity index (χ3v) is 4.05. The maximum atomic E-state index is 12.3. The number of amides is 1. The summed E-state index contributed by atoms with van der Waals surface area (Å²) < 4.78 is 5.59. The number of aliphatic imine (C=N–C) groups is 1. The van der Waals surface area contributed by atoms with Gasteiger partial charge in [0.25, 0.3) is 0 Å². The molecule has 0 radical (unpaired) electrons. The van der Waals surface area contributed by atoms with E-state index in [4.69, 9.17) is 4.74 Å². The van der Waals surface area contributed by atoms with Crippen LogP contribution in [0, 0.1) is 0 Å². The fraction of sp³-hybridized carbons (Fsp3) is 0.316. The zero-order chi connectivity index (χ0) is 18.2. The van der Waals surface area contributed by atoms with Crippen molar-refractivity contribution in [3.05, 3.63) is 54.9 Å². The van der Waals surface area contributed by atoms with Gasteiger partial charge in [-0.05, 0) is 24.3 Å². The molecule has 1 atom stereocenters. The number of benzene rings is 1. The van der Waals surface area contributed by atoms with E-state index < -0.39 is 0 Å². The van der Waals surface area contributed by atoms with Gasteiger partial charge in [0.05, 0.1) is 18.8 Å². The maximum absolute atomic E-state index is 12.3. The number of hydrogen-bond acceptors (Lipinski definition) is 4. The summed E-state index contributed by atoms with van der Waals surface area (Å²) >= 11 is 0. The second-order valence-corrected chi connectivity index (χ2v) is 5.92. The van der Waals surface area contributed by atoms with Gasteiger partial charge >= 0.3 is 0 Å². The average molecular weight is 353 g/mol. The van der Waals surface area contributed by atoms with Crippen molar-refractivity contribution in [1.82, 2.24) is 15.6 Å². The van der Waals surface area contributed by atoms with Gasteiger partial charge in [0.15, 0.2) is 5.96 Å². The first-order valence-corrected chi connectivity index (χ1v) is 8.61. The van der Waals surface area contributed by atoms with Gasteiger partial charge < -0.3 is 20.3 Å². The third-order valence-electron chi connectivity index (χ3n) is 4.05. The minimum Gasteiger partial charge on any atom is -0.490 e. The van der Waals surface area contributed by atoms with Crippen molar-refractivity contribution in [1.29, 1.82) is 0 Å². The quantitative estimate of drug-likeness (QED) is 0.467. The van der Waals surface area contributed by atoms with E-state index in [1.54, 1.807) is 24.3 Å². The Balaban J connectivity index is 1.44. The number of hydrogen-bond donors (Lipinski definition) is 2. The lowest BCUT2D eigenvalue weighted by atomic mass is 10.2. The molecule has 1 aliphatic heterocycles. The molecule has 26 heavy (non-hydrogen) atoms. The molecule has 1 amide bonds. The molecule has 2 aromatic rings. The highest BCUT2D eigenvalue weighted by atomic mass is 16.5. The van der Waals surface area contributed by atoms with Crippen molar-refractivity contribution in [2.75, 3.05) is 31.6 Å². The van der Waals surface area contributed by atoms with E-state index >= 15 is 0 Å². The van der Waals surface area contributed by atoms with Crippen LogP contribution in [0.1, 0.15) is 6.42 Å². The van der Waals surface area contributed by atoms with Crippen LogP contribution in [0.25, 0.3) is 0 Å². The molecule has 1 unspecified atom stereocenters. The summed E-state index contributed by atoms with van der Waals surface area (Å²) in [5.74, 6) is 1.51. The number of aromatic nitrogens is 1. The second-order valence-electron chi connectivity index (χ2n) is 5.92. The summed E-state index contributed by atoms with van der Waals surface area (Å²) in [6, 6.07) is 13.4. The Labute approximate surface area is 153 Å². The van der Waals surface area contributed by atoms with Crippen molar-refractivity contribution >= 4 is 17.6 Å². The molecule has 7 heteroatoms. The smallest absolute Gasteiger partial charge is 0.229 e. The normalized spacial score (nSPS) is 17.3. The van der Waals surface area contributed by atoms with Crippen LogP contribution >= 0.6 is 0 Å². The fourth-order valence-electron chi connectivity index (χ4n) is 2.82. The molecule has 0 spiro atoms. The molecule has 7 nitrogen and oxygen atoms in total. The second kappa shape index (κ2) is 8.84. The Morgan fingerprint density at radius 1 is 1.31 bits per heavy atom. The molecule has 0 aliphatic carbocycles. The van der Waals surface area contributed by atoms with Crippen LogP contribution in [0.3, 0.4) is 0 Å². The Hall–Kier alpha value is -3.09. The number of carbonyl (C=O) groups is 1. The lowest BCUT2D eigenvalue weighted by molar-refractivity contribution is -0.117. The zero-order valence-corrected chi connectivity index (χ0v) is 14.8. The number of pyridine rings is 1. The van der Waals surface area contributed by atoms with E-state index in [0.29, 0.717) is 32.1 Å². The number of anilines is 1. The minimum atomic E-state index is 0.0214. The van der Waals surface area contributed by atoms with Crippen LogP contribution in [0.5, 0.6) is 5.75 Å². The largest absolute Gasteiger partial charge is 0.490 e. The lowest BCUT2D eigenvalue weighted by Gasteiger charge is -2.19. The number of nitrogens with zero attached hydrogens (tertiary/aromatic N) is 3. The predicted molar refractivity (Wildman–Crippen MR) is 101 cm³/mol. The molecule has 0 bridgehead atoms. The molecular formula is C19H23N5O2. The summed E-state index contributed by atoms with van der Waals surface area (Å²) in [5.41, 5.74) is 0.926. The first kappa shape index (κ1) is 17.7. The van der Waals surface area contributed by atoms with Gasteiger partial charge in [-0.1, -0.05) is 18.2 Å². The van der Waals surface area contributed by atoms with Crippen LogP contribution in [-0.4, -0.2) is 49.6 Å². The van der Waals surface area contributed by atoms with Gasteiger partial charge in [0.2, 0.25) is 5.91 Å². The summed E-state index contributed by atoms with van der Waals surface area (Å²) in [4.78, 5) is 22.3. The predicted octanol–water partition coefficient (Wildman–Crippen LogP) is 1.43. The van der Waals surface area contributed by atoms with E-state index in [0.717, 1.165) is 11.4 Å². The third kappa shape index (κ3) is 4.72. The van der Waals surface area contributed by atoms with Gasteiger partial charge in [-0.15, -0.1) is 0 Å². The molecule has 1 fully saturated rings. The van der Waals surface area contributed by atoms with Crippen molar-refractivity contribution in [3.8, 4) is 5.75 Å². The number of guanidine groups is 1. The van der Waals surface area contributed by atoms with Gasteiger partial charge in [-0.25, -0.2) is 0 Å². The highest BCUT2D eigenvalue weighted by molar-refractivity contribution is 5.97. The van der Waals surface area contributed by atoms with E-state index in [2.05, 4.69) is 20.6 Å². The molecule has 1 aromatic carbocycles. The lowest BCUT2D eigenvalue weighted by Crippen LogP contribution is -2.45. The summed E-state index contributed by atoms with van der Waals surface area (Å²) in [7, 11) is 1.71. The van der Waals surface area contributed by atoms with Gasteiger partial charge in [-0.2, -0.15) is 0 Å². The highest BCUT2D eigenvalue weighted by Gasteiger charge is 2.30. The monoisotopic (exact) mass is 353 g/mol. The SMILES string of the molecule is CN=C(NCCOc1cccnc1)NC1CC(=O)N(c2ccccc2)C1. The van der Waals surface area contributed by atoms with E-state index in [-0.39, 0.29) is 11.9 Å². The number of nitrogens with one attached hydrogen (secondary N) is 2. The number of para-hydroxylation sites is 1. The Morgan fingerprint density at radius 2 is 2.15 bits per heavy atom. The molecule has 1 aromatic heterocycles. The van der Waals surface area contributed by atoms with E-state index in [1.807, 2.05) is 42.5 Å². The van der Waals surface area contributed by atoms with Gasteiger partial charge in [0.1, 0.15) is 12.4 Å². The average Bonchev–Trinajstić information content (AvgIpc) is 3.06. The molecular weight excluding hydrogens is 330 g/mol. The first-order valence-electron chi connectivity index (χ1n) is 8.61. The first-order chi connectivity index (χ1) is 12.8. The van der Waals surface area contributed by atoms with Crippen LogP contribution < -0.4 is 20.3 Å². The van der Waals surface area contributed by atoms with Crippen molar-refractivity contribution < 1.29 is 9.53 Å². The standard InChI is InChI=1S/C19H23N5O2/c1-20-19(22-10-11-26-17-8-5-9-21-13-17)23-15-12-18(25)24(14-15)16-6-3-2-4-7-16/h2-9,13,15H,10-12,14H2,1H3,(H2,20,22,23). The van der Waals surface area contributed by atoms with Crippen LogP contribution in [0.2, 0.25) is 0 Å². The molecule has 2 N–H and O–H groups in total. The van der Waals surface area contributed by atoms with Gasteiger partial charge in [0, 0.05) is 31.9 Å². The van der Waals surface area contributed by atoms with Crippen molar-refractivity contribution in [2.24, 2.45) is 4.99 Å². The molecule has 2 heterocycles. The fourth-order valence-corrected chi connectivity index (χ4v) is 2.82. The number of rotatable bonds is 6. The van der Waals surface area contributed by atoms with E-state index in [1.165, 1.54) is 0 Å². The summed E-state index contributed by atoms with van der Waals surface area (Å²) in [5, 5.41) is 6.50. The van der Waals surface area contributed by atoms with Crippen LogP contribution in [-0.2, 0) is 4.79 Å². The van der Waals surface area contributed by atoms with Crippen molar-refractivity contribution in [2.45, 2.75) is 12.5 Å². The minimum absolute atomic E-state index is 0.0214. The molecule has 1 saturated heterocycles. The van der Waals surface area contributed by atoms with E-state index in [9.17, 15) is 4.79 Å². The number of carbonyl (C=O) groups excluding carboxylic acids is 1. The highest BCUT2D eigenvalue weighted by Crippen LogP contribution is 2.20. The number of ether oxygens (including phenoxy) is 1. The van der Waals surface area contributed by atoms with Crippen LogP contribution in [0.4, 0.5) is 5.69 Å². The van der Waals surface area contributed by atoms with Crippen LogP contribution in [0.15, 0.2) is 59.9 Å². The summed E-state index contributed by atoms with van der Waals surface area (Å²) in [6.45, 7) is 1.71. The Bertz CT molecular complexity index is 736. The Kier molecular flexibility index (Phi) is 6.03. The topological polar surface area (TPSA) is 78.9 Å². The van der Waals surface area contributed by atoms with Gasteiger partial charge in [-0.3, -0.25) is 14.8 Å². The van der Waals surface area contributed by atoms with Crippen molar-refractivity contribution in [3.63, 3.8) is 0 Å². The maximum Gasteiger partial charge on any atom is 0.229 e. The molecule has 0 saturated carbocycles.